The number of H-pyrrole nitrogens is 2. The average molecular weight is 496 g/mol. The number of hydrogen-bond acceptors (Lipinski definition) is 6. The Hall–Kier alpha value is -4.24. The lowest BCUT2D eigenvalue weighted by atomic mass is 10.1. The van der Waals surface area contributed by atoms with Gasteiger partial charge in [-0.05, 0) is 42.5 Å². The van der Waals surface area contributed by atoms with E-state index >= 15 is 0 Å². The van der Waals surface area contributed by atoms with E-state index in [-0.39, 0.29) is 5.56 Å². The molecule has 9 nitrogen and oxygen atoms in total. The molecule has 2 aromatic carbocycles. The first kappa shape index (κ1) is 23.2. The standard InChI is InChI=1S/C28H29N7O2/c1-37-18-19-12-15-34(16-13-19)28-33-31-26(25-22-9-2-3-10-23(22)27(36)32-30-25)35(28)14-6-7-20-17-29-24-11-5-4-8-21(20)24/h2-5,8-12,17,29H,6-7,13-16,18H2,1H3,(H,32,36). The Labute approximate surface area is 213 Å². The van der Waals surface area contributed by atoms with Crippen LogP contribution in [-0.2, 0) is 17.7 Å². The largest absolute Gasteiger partial charge is 0.380 e. The van der Waals surface area contributed by atoms with Crippen LogP contribution in [0.15, 0.2) is 71.2 Å². The summed E-state index contributed by atoms with van der Waals surface area (Å²) in [6, 6.07) is 15.9. The summed E-state index contributed by atoms with van der Waals surface area (Å²) in [4.78, 5) is 18.0. The zero-order chi connectivity index (χ0) is 25.2. The molecule has 0 unspecified atom stereocenters. The minimum Gasteiger partial charge on any atom is -0.380 e. The molecular formula is C28H29N7O2. The molecule has 5 aromatic rings. The molecule has 4 heterocycles. The van der Waals surface area contributed by atoms with Gasteiger partial charge in [0.15, 0.2) is 5.82 Å². The predicted octanol–water partition coefficient (Wildman–Crippen LogP) is 4.08. The van der Waals surface area contributed by atoms with E-state index in [9.17, 15) is 4.79 Å². The first-order valence-electron chi connectivity index (χ1n) is 12.6. The van der Waals surface area contributed by atoms with E-state index in [1.54, 1.807) is 7.11 Å². The lowest BCUT2D eigenvalue weighted by molar-refractivity contribution is 0.222. The van der Waals surface area contributed by atoms with Gasteiger partial charge in [-0.2, -0.15) is 5.10 Å². The van der Waals surface area contributed by atoms with Gasteiger partial charge in [0.2, 0.25) is 5.95 Å². The van der Waals surface area contributed by atoms with E-state index in [0.29, 0.717) is 23.5 Å². The maximum absolute atomic E-state index is 12.4. The number of hydrogen-bond donors (Lipinski definition) is 2. The fourth-order valence-electron chi connectivity index (χ4n) is 5.17. The van der Waals surface area contributed by atoms with Crippen molar-refractivity contribution in [1.29, 1.82) is 0 Å². The van der Waals surface area contributed by atoms with E-state index in [4.69, 9.17) is 4.74 Å². The number of fused-ring (bicyclic) bond motifs is 2. The van der Waals surface area contributed by atoms with Gasteiger partial charge in [-0.25, -0.2) is 5.10 Å². The van der Waals surface area contributed by atoms with Crippen LogP contribution >= 0.6 is 0 Å². The second-order valence-corrected chi connectivity index (χ2v) is 9.38. The highest BCUT2D eigenvalue weighted by Gasteiger charge is 2.23. The fraction of sp³-hybridized carbons (Fsp3) is 0.286. The van der Waals surface area contributed by atoms with Crippen LogP contribution in [-0.4, -0.2) is 56.8 Å². The number of nitrogens with one attached hydrogen (secondary N) is 2. The first-order valence-corrected chi connectivity index (χ1v) is 12.6. The van der Waals surface area contributed by atoms with E-state index in [1.165, 1.54) is 16.5 Å². The summed E-state index contributed by atoms with van der Waals surface area (Å²) in [5.74, 6) is 1.48. The second kappa shape index (κ2) is 10.0. The number of aromatic amines is 2. The van der Waals surface area contributed by atoms with Gasteiger partial charge in [0, 0.05) is 49.2 Å². The molecule has 188 valence electrons. The Morgan fingerprint density at radius 3 is 2.65 bits per heavy atom. The second-order valence-electron chi connectivity index (χ2n) is 9.38. The molecule has 0 spiro atoms. The van der Waals surface area contributed by atoms with Crippen LogP contribution in [0.25, 0.3) is 33.2 Å². The van der Waals surface area contributed by atoms with Crippen molar-refractivity contribution in [1.82, 2.24) is 29.9 Å². The number of aromatic nitrogens is 6. The maximum Gasteiger partial charge on any atom is 0.272 e. The summed E-state index contributed by atoms with van der Waals surface area (Å²) < 4.78 is 7.47. The Morgan fingerprint density at radius 2 is 1.84 bits per heavy atom. The number of aryl methyl sites for hydroxylation is 1. The predicted molar refractivity (Wildman–Crippen MR) is 145 cm³/mol. The number of anilines is 1. The molecule has 0 aliphatic carbocycles. The first-order chi connectivity index (χ1) is 18.2. The van der Waals surface area contributed by atoms with Crippen LogP contribution in [0.1, 0.15) is 18.4 Å². The van der Waals surface area contributed by atoms with Crippen molar-refractivity contribution in [2.75, 3.05) is 31.7 Å². The lowest BCUT2D eigenvalue weighted by Gasteiger charge is -2.27. The van der Waals surface area contributed by atoms with E-state index in [1.807, 2.05) is 30.3 Å². The third-order valence-electron chi connectivity index (χ3n) is 7.06. The van der Waals surface area contributed by atoms with Crippen molar-refractivity contribution in [3.8, 4) is 11.5 Å². The van der Waals surface area contributed by atoms with Gasteiger partial charge >= 0.3 is 0 Å². The van der Waals surface area contributed by atoms with Crippen molar-refractivity contribution in [2.24, 2.45) is 0 Å². The van der Waals surface area contributed by atoms with Gasteiger partial charge < -0.3 is 14.6 Å². The van der Waals surface area contributed by atoms with Crippen LogP contribution in [0.2, 0.25) is 0 Å². The normalized spacial score (nSPS) is 14.0. The lowest BCUT2D eigenvalue weighted by Crippen LogP contribution is -2.32. The minimum absolute atomic E-state index is 0.211. The van der Waals surface area contributed by atoms with Crippen molar-refractivity contribution >= 4 is 27.6 Å². The average Bonchev–Trinajstić information content (AvgIpc) is 3.54. The molecule has 0 radical (unpaired) electrons. The highest BCUT2D eigenvalue weighted by Crippen LogP contribution is 2.28. The summed E-state index contributed by atoms with van der Waals surface area (Å²) in [5, 5.41) is 18.9. The molecule has 6 rings (SSSR count). The summed E-state index contributed by atoms with van der Waals surface area (Å²) in [6.45, 7) is 2.97. The molecule has 2 N–H and O–H groups in total. The molecule has 9 heteroatoms. The number of para-hydroxylation sites is 1. The summed E-state index contributed by atoms with van der Waals surface area (Å²) in [7, 11) is 1.73. The summed E-state index contributed by atoms with van der Waals surface area (Å²) >= 11 is 0. The number of benzene rings is 2. The summed E-state index contributed by atoms with van der Waals surface area (Å²) in [6.07, 6.45) is 7.05. The van der Waals surface area contributed by atoms with Crippen molar-refractivity contribution in [3.05, 3.63) is 82.3 Å². The molecule has 37 heavy (non-hydrogen) atoms. The quantitative estimate of drug-likeness (QED) is 0.314. The van der Waals surface area contributed by atoms with Crippen LogP contribution in [0.5, 0.6) is 0 Å². The van der Waals surface area contributed by atoms with Crippen LogP contribution in [0, 0.1) is 0 Å². The number of nitrogens with zero attached hydrogens (tertiary/aromatic N) is 5. The Morgan fingerprint density at radius 1 is 1.03 bits per heavy atom. The molecule has 0 saturated carbocycles. The van der Waals surface area contributed by atoms with Gasteiger partial charge in [-0.15, -0.1) is 10.2 Å². The fourth-order valence-corrected chi connectivity index (χ4v) is 5.17. The molecule has 0 saturated heterocycles. The van der Waals surface area contributed by atoms with E-state index < -0.39 is 0 Å². The molecule has 0 amide bonds. The molecule has 0 atom stereocenters. The SMILES string of the molecule is COCC1=CCN(c2nnc(-c3n[nH]c(=O)c4ccccc34)n2CCCc2c[nH]c3ccccc23)CC1. The molecule has 1 aliphatic rings. The maximum atomic E-state index is 12.4. The molecular weight excluding hydrogens is 466 g/mol. The van der Waals surface area contributed by atoms with Crippen LogP contribution in [0.4, 0.5) is 5.95 Å². The molecule has 3 aromatic heterocycles. The third kappa shape index (κ3) is 4.42. The van der Waals surface area contributed by atoms with Crippen molar-refractivity contribution in [3.63, 3.8) is 0 Å². The zero-order valence-electron chi connectivity index (χ0n) is 20.8. The Kier molecular flexibility index (Phi) is 6.28. The van der Waals surface area contributed by atoms with Gasteiger partial charge in [0.05, 0.1) is 12.0 Å². The van der Waals surface area contributed by atoms with Gasteiger partial charge in [0.25, 0.3) is 5.56 Å². The number of rotatable bonds is 8. The topological polar surface area (TPSA) is 105 Å². The summed E-state index contributed by atoms with van der Waals surface area (Å²) in [5.41, 5.74) is 4.17. The highest BCUT2D eigenvalue weighted by atomic mass is 16.5. The van der Waals surface area contributed by atoms with E-state index in [2.05, 4.69) is 65.3 Å². The van der Waals surface area contributed by atoms with Crippen LogP contribution < -0.4 is 10.5 Å². The highest BCUT2D eigenvalue weighted by molar-refractivity contribution is 5.92. The number of methoxy groups -OCH3 is 1. The van der Waals surface area contributed by atoms with Crippen molar-refractivity contribution < 1.29 is 4.74 Å². The van der Waals surface area contributed by atoms with Crippen molar-refractivity contribution in [2.45, 2.75) is 25.8 Å². The number of ether oxygens (including phenoxy) is 1. The Bertz CT molecular complexity index is 1650. The monoisotopic (exact) mass is 495 g/mol. The minimum atomic E-state index is -0.211. The van der Waals surface area contributed by atoms with Crippen LogP contribution in [0.3, 0.4) is 0 Å². The van der Waals surface area contributed by atoms with Gasteiger partial charge in [0.1, 0.15) is 5.69 Å². The molecule has 0 fully saturated rings. The van der Waals surface area contributed by atoms with E-state index in [0.717, 1.165) is 55.7 Å². The Balaban J connectivity index is 1.35. The van der Waals surface area contributed by atoms with Gasteiger partial charge in [-0.3, -0.25) is 9.36 Å². The smallest absolute Gasteiger partial charge is 0.272 e. The molecule has 1 aliphatic heterocycles. The zero-order valence-corrected chi connectivity index (χ0v) is 20.8. The molecule has 0 bridgehead atoms. The van der Waals surface area contributed by atoms with Gasteiger partial charge in [-0.1, -0.05) is 42.5 Å². The third-order valence-corrected chi connectivity index (χ3v) is 7.06.